The van der Waals surface area contributed by atoms with Crippen LogP contribution in [0.4, 0.5) is 0 Å². The van der Waals surface area contributed by atoms with Crippen LogP contribution in [0.3, 0.4) is 0 Å². The van der Waals surface area contributed by atoms with Gasteiger partial charge in [-0.1, -0.05) is 12.1 Å². The maximum atomic E-state index is 12.6. The fraction of sp³-hybridized carbons (Fsp3) is 0.611. The average molecular weight is 353 g/mol. The summed E-state index contributed by atoms with van der Waals surface area (Å²) in [6.45, 7) is 10.3. The van der Waals surface area contributed by atoms with Crippen LogP contribution in [0, 0.1) is 0 Å². The third-order valence-electron chi connectivity index (χ3n) is 4.21. The second kappa shape index (κ2) is 8.12. The lowest BCUT2D eigenvalue weighted by molar-refractivity contribution is 0.0878. The van der Waals surface area contributed by atoms with Gasteiger partial charge in [0.1, 0.15) is 5.75 Å². The molecule has 1 fully saturated rings. The molecule has 1 amide bonds. The maximum absolute atomic E-state index is 12.6. The summed E-state index contributed by atoms with van der Waals surface area (Å²) in [4.78, 5) is 14.9. The van der Waals surface area contributed by atoms with E-state index >= 15 is 0 Å². The second-order valence-corrected chi connectivity index (χ2v) is 8.69. The van der Waals surface area contributed by atoms with E-state index in [-0.39, 0.29) is 17.6 Å². The van der Waals surface area contributed by atoms with E-state index in [9.17, 15) is 9.00 Å². The van der Waals surface area contributed by atoms with Crippen LogP contribution < -0.4 is 10.1 Å². The molecule has 1 N–H and O–H groups in total. The molecule has 2 rings (SSSR count). The van der Waals surface area contributed by atoms with Crippen molar-refractivity contribution in [3.63, 3.8) is 0 Å². The number of rotatable bonds is 6. The number of nitrogens with zero attached hydrogens (tertiary/aromatic N) is 1. The van der Waals surface area contributed by atoms with Crippen LogP contribution in [0.2, 0.25) is 0 Å². The Labute approximate surface area is 147 Å². The van der Waals surface area contributed by atoms with Crippen molar-refractivity contribution in [3.8, 4) is 5.75 Å². The molecule has 1 saturated heterocycles. The molecule has 0 saturated carbocycles. The molecule has 1 aliphatic heterocycles. The Morgan fingerprint density at radius 2 is 1.92 bits per heavy atom. The first kappa shape index (κ1) is 18.9. The molecule has 0 radical (unpaired) electrons. The van der Waals surface area contributed by atoms with Crippen LogP contribution in [0.5, 0.6) is 5.75 Å². The van der Waals surface area contributed by atoms with Crippen LogP contribution in [0.1, 0.15) is 38.1 Å². The molecule has 0 unspecified atom stereocenters. The Morgan fingerprint density at radius 3 is 2.54 bits per heavy atom. The van der Waals surface area contributed by atoms with Gasteiger partial charge in [0.2, 0.25) is 0 Å². The molecule has 0 aromatic heterocycles. The van der Waals surface area contributed by atoms with Gasteiger partial charge in [0.25, 0.3) is 5.91 Å². The van der Waals surface area contributed by atoms with Gasteiger partial charge in [-0.3, -0.25) is 13.9 Å². The lowest BCUT2D eigenvalue weighted by Crippen LogP contribution is -2.55. The smallest absolute Gasteiger partial charge is 0.255 e. The minimum atomic E-state index is -0.693. The highest BCUT2D eigenvalue weighted by molar-refractivity contribution is 7.85. The van der Waals surface area contributed by atoms with Crippen molar-refractivity contribution < 1.29 is 13.7 Å². The minimum absolute atomic E-state index is 0.0182. The predicted octanol–water partition coefficient (Wildman–Crippen LogP) is 2.05. The van der Waals surface area contributed by atoms with Crippen molar-refractivity contribution in [2.75, 3.05) is 31.1 Å². The summed E-state index contributed by atoms with van der Waals surface area (Å²) in [7, 11) is -0.693. The highest BCUT2D eigenvalue weighted by atomic mass is 32.2. The monoisotopic (exact) mass is 352 g/mol. The standard InChI is InChI=1S/C18H28N2O3S/c1-14(2)23-16-8-6-5-7-15(16)17(21)19-13-18(3,4)20-9-11-24(22)12-10-20/h5-8,14H,9-13H2,1-4H3,(H,19,21). The van der Waals surface area contributed by atoms with Crippen molar-refractivity contribution >= 4 is 16.7 Å². The fourth-order valence-corrected chi connectivity index (χ4v) is 3.81. The largest absolute Gasteiger partial charge is 0.490 e. The highest BCUT2D eigenvalue weighted by Gasteiger charge is 2.30. The number of hydrogen-bond donors (Lipinski definition) is 1. The Morgan fingerprint density at radius 1 is 1.29 bits per heavy atom. The van der Waals surface area contributed by atoms with Crippen LogP contribution in [-0.2, 0) is 10.8 Å². The van der Waals surface area contributed by atoms with Gasteiger partial charge in [0.05, 0.1) is 11.7 Å². The van der Waals surface area contributed by atoms with E-state index in [1.54, 1.807) is 6.07 Å². The van der Waals surface area contributed by atoms with E-state index in [1.165, 1.54) is 0 Å². The van der Waals surface area contributed by atoms with Gasteiger partial charge in [-0.25, -0.2) is 0 Å². The third-order valence-corrected chi connectivity index (χ3v) is 5.49. The SMILES string of the molecule is CC(C)Oc1ccccc1C(=O)NCC(C)(C)N1CCS(=O)CC1. The molecular weight excluding hydrogens is 324 g/mol. The van der Waals surface area contributed by atoms with Crippen molar-refractivity contribution in [1.82, 2.24) is 10.2 Å². The number of ether oxygens (including phenoxy) is 1. The maximum Gasteiger partial charge on any atom is 0.255 e. The van der Waals surface area contributed by atoms with Gasteiger partial charge in [-0.05, 0) is 39.8 Å². The first-order valence-electron chi connectivity index (χ1n) is 8.43. The molecule has 1 aliphatic rings. The van der Waals surface area contributed by atoms with Crippen LogP contribution >= 0.6 is 0 Å². The molecule has 5 nitrogen and oxygen atoms in total. The third kappa shape index (κ3) is 5.05. The molecule has 1 aromatic carbocycles. The summed E-state index contributed by atoms with van der Waals surface area (Å²) >= 11 is 0. The van der Waals surface area contributed by atoms with E-state index in [1.807, 2.05) is 32.0 Å². The molecule has 0 spiro atoms. The number of para-hydroxylation sites is 1. The molecule has 0 aliphatic carbocycles. The zero-order valence-corrected chi connectivity index (χ0v) is 15.8. The summed E-state index contributed by atoms with van der Waals surface area (Å²) < 4.78 is 17.2. The van der Waals surface area contributed by atoms with E-state index in [0.717, 1.165) is 13.1 Å². The Hall–Kier alpha value is -1.40. The first-order valence-corrected chi connectivity index (χ1v) is 9.92. The van der Waals surface area contributed by atoms with Crippen molar-refractivity contribution in [1.29, 1.82) is 0 Å². The van der Waals surface area contributed by atoms with Gasteiger partial charge >= 0.3 is 0 Å². The van der Waals surface area contributed by atoms with Gasteiger partial charge in [0.15, 0.2) is 0 Å². The Kier molecular flexibility index (Phi) is 6.40. The fourth-order valence-electron chi connectivity index (χ4n) is 2.76. The molecule has 0 atom stereocenters. The first-order chi connectivity index (χ1) is 11.3. The number of carbonyl (C=O) groups excluding carboxylic acids is 1. The zero-order valence-electron chi connectivity index (χ0n) is 15.0. The molecule has 1 heterocycles. The molecule has 6 heteroatoms. The summed E-state index contributed by atoms with van der Waals surface area (Å²) in [5.74, 6) is 1.90. The molecule has 0 bridgehead atoms. The van der Waals surface area contributed by atoms with E-state index in [4.69, 9.17) is 4.74 Å². The Balaban J connectivity index is 1.98. The molecule has 24 heavy (non-hydrogen) atoms. The zero-order chi connectivity index (χ0) is 17.7. The van der Waals surface area contributed by atoms with Crippen LogP contribution in [0.25, 0.3) is 0 Å². The van der Waals surface area contributed by atoms with Crippen molar-refractivity contribution in [2.24, 2.45) is 0 Å². The Bertz CT molecular complexity index is 592. The lowest BCUT2D eigenvalue weighted by Gasteiger charge is -2.40. The average Bonchev–Trinajstić information content (AvgIpc) is 2.53. The van der Waals surface area contributed by atoms with Gasteiger partial charge in [-0.15, -0.1) is 0 Å². The number of nitrogens with one attached hydrogen (secondary N) is 1. The summed E-state index contributed by atoms with van der Waals surface area (Å²) in [6.07, 6.45) is 0.0182. The second-order valence-electron chi connectivity index (χ2n) is 6.99. The molecule has 134 valence electrons. The molecular formula is C18H28N2O3S. The quantitative estimate of drug-likeness (QED) is 0.851. The predicted molar refractivity (Wildman–Crippen MR) is 98.1 cm³/mol. The topological polar surface area (TPSA) is 58.6 Å². The lowest BCUT2D eigenvalue weighted by atomic mass is 10.0. The minimum Gasteiger partial charge on any atom is -0.490 e. The van der Waals surface area contributed by atoms with E-state index in [0.29, 0.717) is 29.4 Å². The molecule has 1 aromatic rings. The normalized spacial score (nSPS) is 17.0. The van der Waals surface area contributed by atoms with E-state index in [2.05, 4.69) is 24.1 Å². The number of benzene rings is 1. The van der Waals surface area contributed by atoms with Crippen molar-refractivity contribution in [2.45, 2.75) is 39.3 Å². The van der Waals surface area contributed by atoms with Crippen LogP contribution in [-0.4, -0.2) is 57.8 Å². The summed E-state index contributed by atoms with van der Waals surface area (Å²) in [6, 6.07) is 7.31. The van der Waals surface area contributed by atoms with Crippen LogP contribution in [0.15, 0.2) is 24.3 Å². The van der Waals surface area contributed by atoms with Gasteiger partial charge in [-0.2, -0.15) is 0 Å². The summed E-state index contributed by atoms with van der Waals surface area (Å²) in [5.41, 5.74) is 0.385. The number of carbonyl (C=O) groups is 1. The van der Waals surface area contributed by atoms with Gasteiger partial charge in [0, 0.05) is 47.5 Å². The number of hydrogen-bond acceptors (Lipinski definition) is 4. The highest BCUT2D eigenvalue weighted by Crippen LogP contribution is 2.20. The summed E-state index contributed by atoms with van der Waals surface area (Å²) in [5, 5.41) is 3.02. The van der Waals surface area contributed by atoms with E-state index < -0.39 is 10.8 Å². The number of amides is 1. The van der Waals surface area contributed by atoms with Gasteiger partial charge < -0.3 is 10.1 Å². The van der Waals surface area contributed by atoms with Crippen molar-refractivity contribution in [3.05, 3.63) is 29.8 Å².